The minimum absolute atomic E-state index is 0.749. The Bertz CT molecular complexity index is 505. The minimum atomic E-state index is 0.749. The van der Waals surface area contributed by atoms with Crippen LogP contribution in [0.5, 0.6) is 0 Å². The number of nitrogens with one attached hydrogen (secondary N) is 1. The summed E-state index contributed by atoms with van der Waals surface area (Å²) in [6, 6.07) is 11.3. The number of aryl methyl sites for hydroxylation is 1. The lowest BCUT2D eigenvalue weighted by Gasteiger charge is -2.02. The van der Waals surface area contributed by atoms with Crippen molar-refractivity contribution in [1.29, 1.82) is 0 Å². The van der Waals surface area contributed by atoms with Crippen molar-refractivity contribution in [3.63, 3.8) is 0 Å². The summed E-state index contributed by atoms with van der Waals surface area (Å²) in [7, 11) is 0. The molecule has 1 aromatic carbocycles. The van der Waals surface area contributed by atoms with E-state index in [4.69, 9.17) is 0 Å². The highest BCUT2D eigenvalue weighted by molar-refractivity contribution is 7.99. The average molecular weight is 273 g/mol. The van der Waals surface area contributed by atoms with Crippen LogP contribution in [0, 0.1) is 0 Å². The first-order chi connectivity index (χ1) is 9.40. The van der Waals surface area contributed by atoms with Crippen LogP contribution in [-0.2, 0) is 13.1 Å². The largest absolute Gasteiger partial charge is 0.336 e. The van der Waals surface area contributed by atoms with E-state index in [1.54, 1.807) is 0 Å². The van der Waals surface area contributed by atoms with Crippen molar-refractivity contribution in [1.82, 2.24) is 14.9 Å². The second-order valence-electron chi connectivity index (χ2n) is 4.92. The van der Waals surface area contributed by atoms with E-state index in [2.05, 4.69) is 51.4 Å². The van der Waals surface area contributed by atoms with Crippen molar-refractivity contribution in [3.8, 4) is 0 Å². The quantitative estimate of drug-likeness (QED) is 0.787. The van der Waals surface area contributed by atoms with E-state index < -0.39 is 0 Å². The van der Waals surface area contributed by atoms with Crippen molar-refractivity contribution in [2.24, 2.45) is 0 Å². The van der Waals surface area contributed by atoms with Gasteiger partial charge in [-0.1, -0.05) is 18.2 Å². The van der Waals surface area contributed by atoms with Crippen LogP contribution in [-0.4, -0.2) is 21.3 Å². The lowest BCUT2D eigenvalue weighted by Crippen LogP contribution is -2.15. The molecule has 0 spiro atoms. The molecule has 0 unspecified atom stereocenters. The lowest BCUT2D eigenvalue weighted by molar-refractivity contribution is 0.675. The van der Waals surface area contributed by atoms with E-state index >= 15 is 0 Å². The Balaban J connectivity index is 1.42. The zero-order chi connectivity index (χ0) is 12.9. The summed E-state index contributed by atoms with van der Waals surface area (Å²) in [5.41, 5.74) is 1.15. The standard InChI is InChI=1S/C15H19N3S/c1-2-4-15(5-3-1)19-9-8-18-11-14(17-12-18)10-16-13-6-7-13/h1-5,11-13,16H,6-10H2. The van der Waals surface area contributed by atoms with Gasteiger partial charge in [0.2, 0.25) is 0 Å². The van der Waals surface area contributed by atoms with Crippen LogP contribution in [0.4, 0.5) is 0 Å². The summed E-state index contributed by atoms with van der Waals surface area (Å²) in [6.07, 6.45) is 6.75. The van der Waals surface area contributed by atoms with E-state index in [9.17, 15) is 0 Å². The summed E-state index contributed by atoms with van der Waals surface area (Å²) in [4.78, 5) is 5.76. The van der Waals surface area contributed by atoms with Gasteiger partial charge >= 0.3 is 0 Å². The van der Waals surface area contributed by atoms with Gasteiger partial charge in [0, 0.05) is 36.0 Å². The smallest absolute Gasteiger partial charge is 0.0950 e. The minimum Gasteiger partial charge on any atom is -0.336 e. The maximum atomic E-state index is 4.43. The summed E-state index contributed by atoms with van der Waals surface area (Å²) < 4.78 is 2.18. The number of benzene rings is 1. The van der Waals surface area contributed by atoms with Crippen molar-refractivity contribution >= 4 is 11.8 Å². The second kappa shape index (κ2) is 6.26. The van der Waals surface area contributed by atoms with Crippen LogP contribution in [0.1, 0.15) is 18.5 Å². The highest BCUT2D eigenvalue weighted by Gasteiger charge is 2.20. The average Bonchev–Trinajstić information content (AvgIpc) is 3.17. The van der Waals surface area contributed by atoms with Crippen molar-refractivity contribution < 1.29 is 0 Å². The van der Waals surface area contributed by atoms with Gasteiger partial charge < -0.3 is 9.88 Å². The molecule has 1 aliphatic rings. The molecule has 0 atom stereocenters. The molecular formula is C15H19N3S. The Kier molecular flexibility index (Phi) is 4.20. The van der Waals surface area contributed by atoms with Gasteiger partial charge in [0.25, 0.3) is 0 Å². The van der Waals surface area contributed by atoms with E-state index in [0.29, 0.717) is 0 Å². The molecule has 3 rings (SSSR count). The van der Waals surface area contributed by atoms with Crippen LogP contribution in [0.3, 0.4) is 0 Å². The molecule has 1 N–H and O–H groups in total. The molecule has 0 bridgehead atoms. The molecule has 0 aliphatic heterocycles. The first kappa shape index (κ1) is 12.8. The molecular weight excluding hydrogens is 254 g/mol. The predicted molar refractivity (Wildman–Crippen MR) is 79.3 cm³/mol. The number of aromatic nitrogens is 2. The van der Waals surface area contributed by atoms with Crippen molar-refractivity contribution in [2.75, 3.05) is 5.75 Å². The molecule has 0 radical (unpaired) electrons. The van der Waals surface area contributed by atoms with Crippen molar-refractivity contribution in [3.05, 3.63) is 48.5 Å². The Morgan fingerprint density at radius 2 is 2.11 bits per heavy atom. The summed E-state index contributed by atoms with van der Waals surface area (Å²) in [6.45, 7) is 1.92. The monoisotopic (exact) mass is 273 g/mol. The summed E-state index contributed by atoms with van der Waals surface area (Å²) in [5.74, 6) is 1.08. The van der Waals surface area contributed by atoms with Gasteiger partial charge in [0.05, 0.1) is 12.0 Å². The van der Waals surface area contributed by atoms with Gasteiger partial charge in [-0.2, -0.15) is 0 Å². The van der Waals surface area contributed by atoms with E-state index in [1.165, 1.54) is 17.7 Å². The zero-order valence-electron chi connectivity index (χ0n) is 11.0. The van der Waals surface area contributed by atoms with E-state index in [0.717, 1.165) is 30.6 Å². The van der Waals surface area contributed by atoms with Crippen LogP contribution in [0.15, 0.2) is 47.8 Å². The normalized spacial score (nSPS) is 14.7. The van der Waals surface area contributed by atoms with Crippen LogP contribution < -0.4 is 5.32 Å². The zero-order valence-corrected chi connectivity index (χ0v) is 11.8. The fourth-order valence-electron chi connectivity index (χ4n) is 1.94. The van der Waals surface area contributed by atoms with E-state index in [-0.39, 0.29) is 0 Å². The highest BCUT2D eigenvalue weighted by Crippen LogP contribution is 2.19. The molecule has 1 aliphatic carbocycles. The molecule has 19 heavy (non-hydrogen) atoms. The van der Waals surface area contributed by atoms with Gasteiger partial charge in [-0.05, 0) is 25.0 Å². The van der Waals surface area contributed by atoms with Gasteiger partial charge in [-0.15, -0.1) is 11.8 Å². The Labute approximate surface area is 118 Å². The third kappa shape index (κ3) is 4.11. The van der Waals surface area contributed by atoms with Gasteiger partial charge in [-0.25, -0.2) is 4.98 Å². The van der Waals surface area contributed by atoms with Gasteiger partial charge in [0.15, 0.2) is 0 Å². The van der Waals surface area contributed by atoms with Gasteiger partial charge in [0.1, 0.15) is 0 Å². The second-order valence-corrected chi connectivity index (χ2v) is 6.09. The van der Waals surface area contributed by atoms with Crippen LogP contribution in [0.2, 0.25) is 0 Å². The maximum absolute atomic E-state index is 4.43. The molecule has 2 aromatic rings. The van der Waals surface area contributed by atoms with Gasteiger partial charge in [-0.3, -0.25) is 0 Å². The molecule has 4 heteroatoms. The molecule has 1 aromatic heterocycles. The maximum Gasteiger partial charge on any atom is 0.0950 e. The first-order valence-electron chi connectivity index (χ1n) is 6.82. The van der Waals surface area contributed by atoms with Crippen molar-refractivity contribution in [2.45, 2.75) is 36.9 Å². The number of imidazole rings is 1. The summed E-state index contributed by atoms with van der Waals surface area (Å²) in [5, 5.41) is 3.49. The lowest BCUT2D eigenvalue weighted by atomic mass is 10.4. The Hall–Kier alpha value is -1.26. The van der Waals surface area contributed by atoms with E-state index in [1.807, 2.05) is 18.1 Å². The Morgan fingerprint density at radius 3 is 2.89 bits per heavy atom. The number of nitrogens with zero attached hydrogens (tertiary/aromatic N) is 2. The number of hydrogen-bond donors (Lipinski definition) is 1. The fraction of sp³-hybridized carbons (Fsp3) is 0.400. The number of hydrogen-bond acceptors (Lipinski definition) is 3. The molecule has 0 amide bonds. The van der Waals surface area contributed by atoms with Crippen LogP contribution in [0.25, 0.3) is 0 Å². The molecule has 100 valence electrons. The predicted octanol–water partition coefficient (Wildman–Crippen LogP) is 2.93. The molecule has 1 heterocycles. The fourth-order valence-corrected chi connectivity index (χ4v) is 2.83. The Morgan fingerprint density at radius 1 is 1.26 bits per heavy atom. The third-order valence-electron chi connectivity index (χ3n) is 3.20. The summed E-state index contributed by atoms with van der Waals surface area (Å²) >= 11 is 1.89. The first-order valence-corrected chi connectivity index (χ1v) is 7.80. The highest BCUT2D eigenvalue weighted by atomic mass is 32.2. The SMILES string of the molecule is c1ccc(SCCn2cnc(CNC3CC3)c2)cc1. The molecule has 3 nitrogen and oxygen atoms in total. The molecule has 0 saturated heterocycles. The third-order valence-corrected chi connectivity index (χ3v) is 4.19. The number of rotatable bonds is 7. The number of thioether (sulfide) groups is 1. The molecule has 1 saturated carbocycles. The topological polar surface area (TPSA) is 29.9 Å². The molecule has 1 fully saturated rings. The van der Waals surface area contributed by atoms with Crippen LogP contribution >= 0.6 is 11.8 Å².